The fraction of sp³-hybridized carbons (Fsp3) is 0.312. The van der Waals surface area contributed by atoms with E-state index in [-0.39, 0.29) is 22.4 Å². The number of carbonyl (C=O) groups excluding carboxylic acids is 3. The molecule has 1 aromatic rings. The van der Waals surface area contributed by atoms with Gasteiger partial charge in [-0.05, 0) is 30.4 Å². The summed E-state index contributed by atoms with van der Waals surface area (Å²) < 4.78 is 0. The van der Waals surface area contributed by atoms with Crippen LogP contribution in [0.3, 0.4) is 0 Å². The minimum Gasteiger partial charge on any atom is -0.272 e. The molecule has 8 nitrogen and oxygen atoms in total. The van der Waals surface area contributed by atoms with Crippen LogP contribution in [-0.2, 0) is 9.59 Å². The highest BCUT2D eigenvalue weighted by atomic mass is 35.5. The number of hydrazine groups is 1. The molecule has 1 N–H and O–H groups in total. The Bertz CT molecular complexity index is 837. The first-order valence-electron chi connectivity index (χ1n) is 7.69. The number of hydrogen-bond acceptors (Lipinski definition) is 5. The Hall–Kier alpha value is -2.74. The zero-order chi connectivity index (χ0) is 17.9. The van der Waals surface area contributed by atoms with Crippen molar-refractivity contribution in [2.24, 2.45) is 23.7 Å². The van der Waals surface area contributed by atoms with Crippen molar-refractivity contribution in [3.63, 3.8) is 0 Å². The van der Waals surface area contributed by atoms with Crippen LogP contribution >= 0.6 is 11.6 Å². The van der Waals surface area contributed by atoms with Crippen molar-refractivity contribution in [1.29, 1.82) is 0 Å². The quantitative estimate of drug-likeness (QED) is 0.381. The number of halogens is 1. The summed E-state index contributed by atoms with van der Waals surface area (Å²) >= 11 is 5.72. The van der Waals surface area contributed by atoms with Crippen LogP contribution in [0.1, 0.15) is 16.8 Å². The molecule has 1 aromatic carbocycles. The fourth-order valence-electron chi connectivity index (χ4n) is 3.97. The average Bonchev–Trinajstić information content (AvgIpc) is 3.24. The minimum absolute atomic E-state index is 0.0324. The number of amides is 3. The largest absolute Gasteiger partial charge is 0.288 e. The number of nitrogens with one attached hydrogen (secondary N) is 1. The summed E-state index contributed by atoms with van der Waals surface area (Å²) in [5.41, 5.74) is 1.80. The van der Waals surface area contributed by atoms with Crippen molar-refractivity contribution in [1.82, 2.24) is 10.4 Å². The lowest BCUT2D eigenvalue weighted by Gasteiger charge is -2.18. The van der Waals surface area contributed by atoms with Crippen molar-refractivity contribution in [2.75, 3.05) is 0 Å². The lowest BCUT2D eigenvalue weighted by Crippen LogP contribution is -2.47. The minimum atomic E-state index is -0.776. The molecule has 2 bridgehead atoms. The maximum Gasteiger partial charge on any atom is 0.288 e. The van der Waals surface area contributed by atoms with Crippen LogP contribution in [0.5, 0.6) is 0 Å². The zero-order valence-corrected chi connectivity index (χ0v) is 13.5. The van der Waals surface area contributed by atoms with Gasteiger partial charge < -0.3 is 0 Å². The first kappa shape index (κ1) is 15.8. The van der Waals surface area contributed by atoms with Gasteiger partial charge in [-0.15, -0.1) is 0 Å². The third-order valence-corrected chi connectivity index (χ3v) is 5.41. The number of fused-ring (bicyclic) bond motifs is 5. The highest BCUT2D eigenvalue weighted by Gasteiger charge is 2.59. The van der Waals surface area contributed by atoms with Crippen molar-refractivity contribution in [3.8, 4) is 0 Å². The standard InChI is InChI=1S/C16H12ClN3O5/c17-10-4-3-9(6-11(10)20(24)25)14(21)18-19-15(22)12-7-1-2-8(5-7)13(12)16(19)23/h1-4,6-8,12-13H,5H2,(H,18,21)/t7-,8-,12-,13+/m0/s1. The Morgan fingerprint density at radius 1 is 1.20 bits per heavy atom. The smallest absolute Gasteiger partial charge is 0.272 e. The van der Waals surface area contributed by atoms with Gasteiger partial charge in [-0.1, -0.05) is 23.8 Å². The Kier molecular flexibility index (Phi) is 3.40. The van der Waals surface area contributed by atoms with Gasteiger partial charge in [-0.2, -0.15) is 5.01 Å². The van der Waals surface area contributed by atoms with Gasteiger partial charge in [0.2, 0.25) is 0 Å². The molecule has 2 fully saturated rings. The summed E-state index contributed by atoms with van der Waals surface area (Å²) in [7, 11) is 0. The molecule has 25 heavy (non-hydrogen) atoms. The van der Waals surface area contributed by atoms with Crippen LogP contribution in [0.4, 0.5) is 5.69 Å². The summed E-state index contributed by atoms with van der Waals surface area (Å²) in [5, 5.41) is 11.6. The maximum absolute atomic E-state index is 12.5. The van der Waals surface area contributed by atoms with Gasteiger partial charge in [0.15, 0.2) is 0 Å². The normalized spacial score (nSPS) is 29.2. The number of hydrogen-bond donors (Lipinski definition) is 1. The SMILES string of the molecule is O=C(NN1C(=O)[C@@H]2[C@H](C1=O)[C@H]1C=C[C@H]2C1)c1ccc(Cl)c([N+](=O)[O-])c1. The number of nitro benzene ring substituents is 1. The van der Waals surface area contributed by atoms with E-state index in [2.05, 4.69) is 5.43 Å². The molecule has 1 saturated heterocycles. The molecule has 0 unspecified atom stereocenters. The average molecular weight is 362 g/mol. The van der Waals surface area contributed by atoms with Gasteiger partial charge in [0.25, 0.3) is 23.4 Å². The van der Waals surface area contributed by atoms with E-state index >= 15 is 0 Å². The molecule has 0 spiro atoms. The van der Waals surface area contributed by atoms with Gasteiger partial charge in [0, 0.05) is 11.6 Å². The van der Waals surface area contributed by atoms with Crippen molar-refractivity contribution in [2.45, 2.75) is 6.42 Å². The van der Waals surface area contributed by atoms with Crippen molar-refractivity contribution < 1.29 is 19.3 Å². The fourth-order valence-corrected chi connectivity index (χ4v) is 4.16. The number of nitro groups is 1. The topological polar surface area (TPSA) is 110 Å². The molecule has 0 aromatic heterocycles. The number of nitrogens with zero attached hydrogens (tertiary/aromatic N) is 2. The van der Waals surface area contributed by atoms with E-state index in [9.17, 15) is 24.5 Å². The molecule has 0 radical (unpaired) electrons. The van der Waals surface area contributed by atoms with E-state index in [1.165, 1.54) is 12.1 Å². The Labute approximate surface area is 146 Å². The lowest BCUT2D eigenvalue weighted by molar-refractivity contribution is -0.384. The summed E-state index contributed by atoms with van der Waals surface area (Å²) in [6.07, 6.45) is 4.69. The maximum atomic E-state index is 12.5. The molecular formula is C16H12ClN3O5. The predicted octanol–water partition coefficient (Wildman–Crippen LogP) is 1.70. The summed E-state index contributed by atoms with van der Waals surface area (Å²) in [6, 6.07) is 3.53. The van der Waals surface area contributed by atoms with Gasteiger partial charge >= 0.3 is 0 Å². The molecule has 2 aliphatic carbocycles. The molecule has 1 saturated carbocycles. The number of rotatable bonds is 3. The van der Waals surface area contributed by atoms with Crippen molar-refractivity contribution >= 4 is 35.0 Å². The molecule has 3 amide bonds. The molecule has 4 rings (SSSR count). The highest BCUT2D eigenvalue weighted by molar-refractivity contribution is 6.32. The number of benzene rings is 1. The summed E-state index contributed by atoms with van der Waals surface area (Å²) in [6.45, 7) is 0. The first-order valence-corrected chi connectivity index (χ1v) is 8.07. The zero-order valence-electron chi connectivity index (χ0n) is 12.7. The molecular weight excluding hydrogens is 350 g/mol. The summed E-state index contributed by atoms with van der Waals surface area (Å²) in [5.74, 6) is -2.42. The second-order valence-corrected chi connectivity index (χ2v) is 6.78. The monoisotopic (exact) mass is 361 g/mol. The van der Waals surface area contributed by atoms with Crippen LogP contribution < -0.4 is 5.43 Å². The van der Waals surface area contributed by atoms with E-state index in [4.69, 9.17) is 11.6 Å². The predicted molar refractivity (Wildman–Crippen MR) is 85.1 cm³/mol. The third kappa shape index (κ3) is 2.25. The molecule has 3 aliphatic rings. The molecule has 4 atom stereocenters. The van der Waals surface area contributed by atoms with Gasteiger partial charge in [0.1, 0.15) is 5.02 Å². The highest BCUT2D eigenvalue weighted by Crippen LogP contribution is 2.52. The van der Waals surface area contributed by atoms with E-state index < -0.39 is 40.2 Å². The number of imide groups is 1. The van der Waals surface area contributed by atoms with Crippen LogP contribution in [0.25, 0.3) is 0 Å². The number of allylic oxidation sites excluding steroid dienone is 2. The molecule has 9 heteroatoms. The van der Waals surface area contributed by atoms with Gasteiger partial charge in [-0.25, -0.2) is 0 Å². The Morgan fingerprint density at radius 3 is 2.36 bits per heavy atom. The first-order chi connectivity index (χ1) is 11.9. The number of carbonyl (C=O) groups is 3. The Balaban J connectivity index is 1.56. The van der Waals surface area contributed by atoms with E-state index in [0.29, 0.717) is 0 Å². The van der Waals surface area contributed by atoms with Gasteiger partial charge in [0.05, 0.1) is 16.8 Å². The third-order valence-electron chi connectivity index (χ3n) is 5.09. The summed E-state index contributed by atoms with van der Waals surface area (Å²) in [4.78, 5) is 47.6. The second-order valence-electron chi connectivity index (χ2n) is 6.38. The molecule has 128 valence electrons. The van der Waals surface area contributed by atoms with Crippen LogP contribution in [0, 0.1) is 33.8 Å². The van der Waals surface area contributed by atoms with E-state index in [0.717, 1.165) is 17.5 Å². The van der Waals surface area contributed by atoms with Crippen LogP contribution in [0.2, 0.25) is 5.02 Å². The van der Waals surface area contributed by atoms with E-state index in [1.807, 2.05) is 12.2 Å². The van der Waals surface area contributed by atoms with Crippen LogP contribution in [-0.4, -0.2) is 27.7 Å². The molecule has 1 aliphatic heterocycles. The Morgan fingerprint density at radius 2 is 1.80 bits per heavy atom. The van der Waals surface area contributed by atoms with Gasteiger partial charge in [-0.3, -0.25) is 29.9 Å². The van der Waals surface area contributed by atoms with E-state index in [1.54, 1.807) is 0 Å². The van der Waals surface area contributed by atoms with Crippen LogP contribution in [0.15, 0.2) is 30.4 Å². The second kappa shape index (κ2) is 5.38. The lowest BCUT2D eigenvalue weighted by atomic mass is 9.85. The molecule has 1 heterocycles. The van der Waals surface area contributed by atoms with Crippen molar-refractivity contribution in [3.05, 3.63) is 51.1 Å².